The van der Waals surface area contributed by atoms with E-state index in [2.05, 4.69) is 13.8 Å². The van der Waals surface area contributed by atoms with Gasteiger partial charge in [-0.1, -0.05) is 19.9 Å². The summed E-state index contributed by atoms with van der Waals surface area (Å²) in [6.45, 7) is 4.75. The smallest absolute Gasteiger partial charge is 0.336 e. The van der Waals surface area contributed by atoms with Gasteiger partial charge in [-0.3, -0.25) is 0 Å². The van der Waals surface area contributed by atoms with Gasteiger partial charge in [0.25, 0.3) is 0 Å². The first-order valence-corrected chi connectivity index (χ1v) is 7.53. The molecule has 0 aliphatic heterocycles. The molecule has 4 nitrogen and oxygen atoms in total. The van der Waals surface area contributed by atoms with Crippen molar-refractivity contribution in [3.05, 3.63) is 59.0 Å². The standard InChI is InChI=1S/C19H18O4/c1-12(2)11-22-15-5-6-16(17(20)10-15)13-3-7-18-14(9-13)4-8-19(21)23-18/h3-10,12,20H,11H2,1-2H3. The molecule has 0 radical (unpaired) electrons. The van der Waals surface area contributed by atoms with E-state index < -0.39 is 0 Å². The SMILES string of the molecule is CC(C)COc1ccc(-c2ccc3oc(=O)ccc3c2)c(O)c1. The summed E-state index contributed by atoms with van der Waals surface area (Å²) in [6, 6.07) is 13.8. The molecule has 4 heteroatoms. The van der Waals surface area contributed by atoms with Crippen LogP contribution in [0, 0.1) is 5.92 Å². The Labute approximate surface area is 134 Å². The van der Waals surface area contributed by atoms with Crippen molar-refractivity contribution in [1.29, 1.82) is 0 Å². The molecule has 1 N–H and O–H groups in total. The Morgan fingerprint density at radius 1 is 1.09 bits per heavy atom. The van der Waals surface area contributed by atoms with Crippen LogP contribution in [0.4, 0.5) is 0 Å². The highest BCUT2D eigenvalue weighted by molar-refractivity contribution is 5.84. The Morgan fingerprint density at radius 2 is 1.91 bits per heavy atom. The van der Waals surface area contributed by atoms with Crippen LogP contribution in [0.15, 0.2) is 57.7 Å². The molecule has 23 heavy (non-hydrogen) atoms. The minimum absolute atomic E-state index is 0.156. The second kappa shape index (κ2) is 6.16. The van der Waals surface area contributed by atoms with Crippen molar-refractivity contribution in [2.45, 2.75) is 13.8 Å². The van der Waals surface area contributed by atoms with Crippen LogP contribution in [0.25, 0.3) is 22.1 Å². The predicted octanol–water partition coefficient (Wildman–Crippen LogP) is 4.20. The van der Waals surface area contributed by atoms with Crippen LogP contribution in [0.2, 0.25) is 0 Å². The van der Waals surface area contributed by atoms with Crippen molar-refractivity contribution in [2.75, 3.05) is 6.61 Å². The minimum atomic E-state index is -0.375. The Morgan fingerprint density at radius 3 is 2.65 bits per heavy atom. The summed E-state index contributed by atoms with van der Waals surface area (Å²) in [5, 5.41) is 11.1. The van der Waals surface area contributed by atoms with Crippen LogP contribution in [0.1, 0.15) is 13.8 Å². The third-order valence-electron chi connectivity index (χ3n) is 3.48. The summed E-state index contributed by atoms with van der Waals surface area (Å²) in [6.07, 6.45) is 0. The van der Waals surface area contributed by atoms with Gasteiger partial charge in [-0.05, 0) is 41.8 Å². The highest BCUT2D eigenvalue weighted by Gasteiger charge is 2.08. The van der Waals surface area contributed by atoms with Crippen molar-refractivity contribution in [2.24, 2.45) is 5.92 Å². The number of ether oxygens (including phenoxy) is 1. The number of hydrogen-bond donors (Lipinski definition) is 1. The zero-order chi connectivity index (χ0) is 16.4. The maximum absolute atomic E-state index is 11.2. The fourth-order valence-electron chi connectivity index (χ4n) is 2.35. The average Bonchev–Trinajstić information content (AvgIpc) is 2.52. The fourth-order valence-corrected chi connectivity index (χ4v) is 2.35. The quantitative estimate of drug-likeness (QED) is 0.734. The summed E-state index contributed by atoms with van der Waals surface area (Å²) >= 11 is 0. The first-order chi connectivity index (χ1) is 11.0. The minimum Gasteiger partial charge on any atom is -0.507 e. The second-order valence-electron chi connectivity index (χ2n) is 5.89. The molecule has 2 aromatic carbocycles. The molecular formula is C19H18O4. The van der Waals surface area contributed by atoms with E-state index in [1.165, 1.54) is 6.07 Å². The van der Waals surface area contributed by atoms with E-state index in [0.717, 1.165) is 10.9 Å². The van der Waals surface area contributed by atoms with Crippen molar-refractivity contribution < 1.29 is 14.3 Å². The number of benzene rings is 2. The third-order valence-corrected chi connectivity index (χ3v) is 3.48. The van der Waals surface area contributed by atoms with Crippen LogP contribution in [-0.2, 0) is 0 Å². The Balaban J connectivity index is 1.95. The molecule has 0 spiro atoms. The molecule has 3 rings (SSSR count). The van der Waals surface area contributed by atoms with Gasteiger partial charge in [0.2, 0.25) is 0 Å². The summed E-state index contributed by atoms with van der Waals surface area (Å²) in [7, 11) is 0. The molecule has 0 fully saturated rings. The maximum Gasteiger partial charge on any atom is 0.336 e. The van der Waals surface area contributed by atoms with Crippen LogP contribution < -0.4 is 10.4 Å². The monoisotopic (exact) mass is 310 g/mol. The van der Waals surface area contributed by atoms with Crippen LogP contribution in [0.3, 0.4) is 0 Å². The molecular weight excluding hydrogens is 292 g/mol. The third kappa shape index (κ3) is 3.37. The zero-order valence-electron chi connectivity index (χ0n) is 13.1. The van der Waals surface area contributed by atoms with Gasteiger partial charge in [0.15, 0.2) is 0 Å². The zero-order valence-corrected chi connectivity index (χ0v) is 13.1. The van der Waals surface area contributed by atoms with Gasteiger partial charge in [0.1, 0.15) is 17.1 Å². The maximum atomic E-state index is 11.2. The summed E-state index contributed by atoms with van der Waals surface area (Å²) in [5.41, 5.74) is 1.70. The first-order valence-electron chi connectivity index (χ1n) is 7.53. The number of fused-ring (bicyclic) bond motifs is 1. The highest BCUT2D eigenvalue weighted by atomic mass is 16.5. The number of phenolic OH excluding ortho intramolecular Hbond substituents is 1. The first kappa shape index (κ1) is 15.2. The molecule has 0 aliphatic carbocycles. The van der Waals surface area contributed by atoms with Crippen molar-refractivity contribution in [3.63, 3.8) is 0 Å². The van der Waals surface area contributed by atoms with Crippen LogP contribution in [-0.4, -0.2) is 11.7 Å². The van der Waals surface area contributed by atoms with E-state index in [1.807, 2.05) is 24.3 Å². The van der Waals surface area contributed by atoms with Crippen LogP contribution in [0.5, 0.6) is 11.5 Å². The van der Waals surface area contributed by atoms with Crippen molar-refractivity contribution in [3.8, 4) is 22.6 Å². The van der Waals surface area contributed by atoms with Gasteiger partial charge < -0.3 is 14.3 Å². The highest BCUT2D eigenvalue weighted by Crippen LogP contribution is 2.33. The summed E-state index contributed by atoms with van der Waals surface area (Å²) in [5.74, 6) is 1.22. The molecule has 0 saturated carbocycles. The lowest BCUT2D eigenvalue weighted by molar-refractivity contribution is 0.270. The molecule has 0 atom stereocenters. The van der Waals surface area contributed by atoms with Gasteiger partial charge in [0.05, 0.1) is 6.61 Å². The molecule has 0 unspecified atom stereocenters. The molecule has 0 bridgehead atoms. The van der Waals surface area contributed by atoms with Gasteiger partial charge in [-0.2, -0.15) is 0 Å². The van der Waals surface area contributed by atoms with Gasteiger partial charge in [0, 0.05) is 23.1 Å². The Bertz CT molecular complexity index is 893. The normalized spacial score (nSPS) is 11.1. The summed E-state index contributed by atoms with van der Waals surface area (Å²) in [4.78, 5) is 11.2. The van der Waals surface area contributed by atoms with E-state index in [4.69, 9.17) is 9.15 Å². The van der Waals surface area contributed by atoms with E-state index in [0.29, 0.717) is 29.4 Å². The summed E-state index contributed by atoms with van der Waals surface area (Å²) < 4.78 is 10.7. The lowest BCUT2D eigenvalue weighted by Gasteiger charge is -2.11. The number of hydrogen-bond acceptors (Lipinski definition) is 4. The number of rotatable bonds is 4. The largest absolute Gasteiger partial charge is 0.507 e. The molecule has 3 aromatic rings. The van der Waals surface area contributed by atoms with Gasteiger partial charge in [-0.15, -0.1) is 0 Å². The van der Waals surface area contributed by atoms with Crippen LogP contribution >= 0.6 is 0 Å². The van der Waals surface area contributed by atoms with E-state index in [1.54, 1.807) is 18.2 Å². The van der Waals surface area contributed by atoms with E-state index >= 15 is 0 Å². The molecule has 1 heterocycles. The average molecular weight is 310 g/mol. The molecule has 0 amide bonds. The van der Waals surface area contributed by atoms with Gasteiger partial charge >= 0.3 is 5.63 Å². The fraction of sp³-hybridized carbons (Fsp3) is 0.211. The van der Waals surface area contributed by atoms with Crippen molar-refractivity contribution >= 4 is 11.0 Å². The number of phenols is 1. The number of aromatic hydroxyl groups is 1. The predicted molar refractivity (Wildman–Crippen MR) is 89.9 cm³/mol. The second-order valence-corrected chi connectivity index (χ2v) is 5.89. The lowest BCUT2D eigenvalue weighted by Crippen LogP contribution is -2.04. The molecule has 0 aliphatic rings. The van der Waals surface area contributed by atoms with Gasteiger partial charge in [-0.25, -0.2) is 4.79 Å². The van der Waals surface area contributed by atoms with E-state index in [-0.39, 0.29) is 11.4 Å². The lowest BCUT2D eigenvalue weighted by atomic mass is 10.0. The Kier molecular flexibility index (Phi) is 4.06. The van der Waals surface area contributed by atoms with Crippen molar-refractivity contribution in [1.82, 2.24) is 0 Å². The molecule has 118 valence electrons. The van der Waals surface area contributed by atoms with E-state index in [9.17, 15) is 9.90 Å². The Hall–Kier alpha value is -2.75. The molecule has 1 aromatic heterocycles. The molecule has 0 saturated heterocycles. The topological polar surface area (TPSA) is 59.7 Å².